The number of carbonyl (C=O) groups excluding carboxylic acids is 3. The Morgan fingerprint density at radius 2 is 1.66 bits per heavy atom. The van der Waals surface area contributed by atoms with Crippen molar-refractivity contribution in [3.05, 3.63) is 59.7 Å². The molecule has 2 atom stereocenters. The molecule has 0 heterocycles. The highest BCUT2D eigenvalue weighted by molar-refractivity contribution is 5.99. The van der Waals surface area contributed by atoms with Crippen LogP contribution in [-0.4, -0.2) is 48.1 Å². The number of anilines is 1. The first-order valence-electron chi connectivity index (χ1n) is 11.1. The fourth-order valence-corrected chi connectivity index (χ4v) is 3.27. The molecule has 0 saturated carbocycles. The Bertz CT molecular complexity index is 1070. The summed E-state index contributed by atoms with van der Waals surface area (Å²) in [4.78, 5) is 40.2. The largest absolute Gasteiger partial charge is 0.497 e. The zero-order chi connectivity index (χ0) is 26.2. The molecular formula is C26H32N4O5. The molecule has 0 radical (unpaired) electrons. The number of aryl methyl sites for hydroxylation is 1. The van der Waals surface area contributed by atoms with Gasteiger partial charge in [0.15, 0.2) is 0 Å². The molecule has 35 heavy (non-hydrogen) atoms. The van der Waals surface area contributed by atoms with Crippen LogP contribution in [0.25, 0.3) is 0 Å². The van der Waals surface area contributed by atoms with Crippen molar-refractivity contribution in [3.8, 4) is 11.8 Å². The highest BCUT2D eigenvalue weighted by Crippen LogP contribution is 2.25. The minimum absolute atomic E-state index is 0.367. The number of nitriles is 1. The van der Waals surface area contributed by atoms with Crippen LogP contribution >= 0.6 is 0 Å². The maximum absolute atomic E-state index is 13.4. The van der Waals surface area contributed by atoms with Crippen LogP contribution in [0.15, 0.2) is 48.5 Å². The van der Waals surface area contributed by atoms with Gasteiger partial charge >= 0.3 is 6.09 Å². The Labute approximate surface area is 206 Å². The first kappa shape index (κ1) is 27.2. The number of ether oxygens (including phenoxy) is 2. The van der Waals surface area contributed by atoms with Gasteiger partial charge in [0, 0.05) is 5.69 Å². The van der Waals surface area contributed by atoms with Crippen molar-refractivity contribution >= 4 is 23.6 Å². The quantitative estimate of drug-likeness (QED) is 0.552. The summed E-state index contributed by atoms with van der Waals surface area (Å²) < 4.78 is 10.4. The van der Waals surface area contributed by atoms with Crippen molar-refractivity contribution in [2.24, 2.45) is 0 Å². The van der Waals surface area contributed by atoms with Crippen LogP contribution < -0.4 is 15.4 Å². The van der Waals surface area contributed by atoms with Crippen molar-refractivity contribution in [1.82, 2.24) is 10.2 Å². The number of amides is 3. The van der Waals surface area contributed by atoms with Crippen LogP contribution in [0.4, 0.5) is 10.5 Å². The third-order valence-electron chi connectivity index (χ3n) is 4.94. The van der Waals surface area contributed by atoms with E-state index in [1.807, 2.05) is 25.1 Å². The predicted molar refractivity (Wildman–Crippen MR) is 132 cm³/mol. The van der Waals surface area contributed by atoms with Crippen molar-refractivity contribution in [2.45, 2.75) is 52.3 Å². The molecule has 9 nitrogen and oxygen atoms in total. The molecule has 0 aliphatic carbocycles. The van der Waals surface area contributed by atoms with Crippen molar-refractivity contribution < 1.29 is 23.9 Å². The van der Waals surface area contributed by atoms with Gasteiger partial charge in [-0.2, -0.15) is 5.26 Å². The Morgan fingerprint density at radius 1 is 1.06 bits per heavy atom. The second kappa shape index (κ2) is 11.9. The van der Waals surface area contributed by atoms with Gasteiger partial charge in [-0.05, 0) is 64.4 Å². The number of methoxy groups -OCH3 is 1. The van der Waals surface area contributed by atoms with Crippen LogP contribution in [0.2, 0.25) is 0 Å². The zero-order valence-corrected chi connectivity index (χ0v) is 20.9. The zero-order valence-electron chi connectivity index (χ0n) is 20.9. The molecule has 0 aliphatic rings. The summed E-state index contributed by atoms with van der Waals surface area (Å²) in [6.45, 7) is 8.13. The Morgan fingerprint density at radius 3 is 2.17 bits per heavy atom. The van der Waals surface area contributed by atoms with Crippen molar-refractivity contribution in [2.75, 3.05) is 19.0 Å². The molecule has 2 aromatic rings. The van der Waals surface area contributed by atoms with Crippen LogP contribution in [0.3, 0.4) is 0 Å². The third kappa shape index (κ3) is 8.03. The standard InChI is InChI=1S/C26H32N4O5/c1-17-7-9-19(10-8-17)22(23(31)29-20-11-13-21(34-6)14-12-20)30(16-15-27)24(32)18(2)28-25(33)35-26(3,4)5/h7-14,18,22H,16H2,1-6H3,(H,28,33)(H,29,31). The van der Waals surface area contributed by atoms with E-state index in [2.05, 4.69) is 10.6 Å². The fourth-order valence-electron chi connectivity index (χ4n) is 3.27. The molecule has 186 valence electrons. The second-order valence-electron chi connectivity index (χ2n) is 9.02. The number of carbonyl (C=O) groups is 3. The minimum Gasteiger partial charge on any atom is -0.497 e. The molecule has 0 saturated heterocycles. The number of hydrogen-bond acceptors (Lipinski definition) is 6. The Kier molecular flexibility index (Phi) is 9.23. The van der Waals surface area contributed by atoms with Crippen LogP contribution in [0, 0.1) is 18.3 Å². The maximum atomic E-state index is 13.4. The van der Waals surface area contributed by atoms with E-state index in [-0.39, 0.29) is 6.54 Å². The smallest absolute Gasteiger partial charge is 0.408 e. The van der Waals surface area contributed by atoms with E-state index in [4.69, 9.17) is 9.47 Å². The summed E-state index contributed by atoms with van der Waals surface area (Å²) in [7, 11) is 1.54. The number of nitrogens with one attached hydrogen (secondary N) is 2. The molecule has 0 spiro atoms. The Hall–Kier alpha value is -4.06. The first-order valence-corrected chi connectivity index (χ1v) is 11.1. The average molecular weight is 481 g/mol. The van der Waals surface area contributed by atoms with Gasteiger partial charge in [-0.25, -0.2) is 4.79 Å². The molecule has 2 rings (SSSR count). The summed E-state index contributed by atoms with van der Waals surface area (Å²) in [5.41, 5.74) is 1.25. The number of rotatable bonds is 8. The lowest BCUT2D eigenvalue weighted by molar-refractivity contribution is -0.139. The highest BCUT2D eigenvalue weighted by Gasteiger charge is 2.34. The Balaban J connectivity index is 2.37. The van der Waals surface area contributed by atoms with Gasteiger partial charge in [0.1, 0.15) is 30.0 Å². The van der Waals surface area contributed by atoms with Gasteiger partial charge in [0.05, 0.1) is 13.2 Å². The summed E-state index contributed by atoms with van der Waals surface area (Å²) in [5.74, 6) is -0.485. The number of nitrogens with zero attached hydrogens (tertiary/aromatic N) is 2. The van der Waals surface area contributed by atoms with E-state index in [1.165, 1.54) is 6.92 Å². The monoisotopic (exact) mass is 480 g/mol. The van der Waals surface area contributed by atoms with Crippen molar-refractivity contribution in [1.29, 1.82) is 5.26 Å². The molecule has 0 aromatic heterocycles. The molecule has 2 aromatic carbocycles. The van der Waals surface area contributed by atoms with E-state index >= 15 is 0 Å². The first-order chi connectivity index (χ1) is 16.4. The van der Waals surface area contributed by atoms with Gasteiger partial charge in [-0.15, -0.1) is 0 Å². The van der Waals surface area contributed by atoms with Gasteiger partial charge < -0.3 is 25.0 Å². The topological polar surface area (TPSA) is 121 Å². The van der Waals surface area contributed by atoms with E-state index in [0.29, 0.717) is 17.0 Å². The number of benzene rings is 2. The summed E-state index contributed by atoms with van der Waals surface area (Å²) in [6.07, 6.45) is -0.773. The molecule has 0 aliphatic heterocycles. The van der Waals surface area contributed by atoms with Gasteiger partial charge in [0.2, 0.25) is 5.91 Å². The summed E-state index contributed by atoms with van der Waals surface area (Å²) in [6, 6.07) is 13.6. The molecule has 0 bridgehead atoms. The number of hydrogen-bond donors (Lipinski definition) is 2. The summed E-state index contributed by atoms with van der Waals surface area (Å²) >= 11 is 0. The second-order valence-corrected chi connectivity index (χ2v) is 9.02. The molecule has 0 fully saturated rings. The van der Waals surface area contributed by atoms with E-state index in [9.17, 15) is 19.6 Å². The lowest BCUT2D eigenvalue weighted by Gasteiger charge is -2.32. The lowest BCUT2D eigenvalue weighted by atomic mass is 10.0. The molecule has 3 amide bonds. The molecule has 9 heteroatoms. The van der Waals surface area contributed by atoms with Crippen molar-refractivity contribution in [3.63, 3.8) is 0 Å². The third-order valence-corrected chi connectivity index (χ3v) is 4.94. The SMILES string of the molecule is COc1ccc(NC(=O)C(c2ccc(C)cc2)N(CC#N)C(=O)C(C)NC(=O)OC(C)(C)C)cc1. The van der Waals surface area contributed by atoms with E-state index in [0.717, 1.165) is 10.5 Å². The molecular weight excluding hydrogens is 448 g/mol. The maximum Gasteiger partial charge on any atom is 0.408 e. The molecule has 2 unspecified atom stereocenters. The normalized spacial score (nSPS) is 12.5. The fraction of sp³-hybridized carbons (Fsp3) is 0.385. The van der Waals surface area contributed by atoms with Gasteiger partial charge in [-0.1, -0.05) is 29.8 Å². The molecule has 2 N–H and O–H groups in total. The van der Waals surface area contributed by atoms with Crippen LogP contribution in [0.5, 0.6) is 5.75 Å². The number of alkyl carbamates (subject to hydrolysis) is 1. The van der Waals surface area contributed by atoms with Gasteiger partial charge in [0.25, 0.3) is 5.91 Å². The average Bonchev–Trinajstić information content (AvgIpc) is 2.78. The minimum atomic E-state index is -1.12. The van der Waals surface area contributed by atoms with Crippen LogP contribution in [0.1, 0.15) is 44.9 Å². The van der Waals surface area contributed by atoms with E-state index < -0.39 is 35.6 Å². The highest BCUT2D eigenvalue weighted by atomic mass is 16.6. The summed E-state index contributed by atoms with van der Waals surface area (Å²) in [5, 5.41) is 14.8. The van der Waals surface area contributed by atoms with Crippen LogP contribution in [-0.2, 0) is 14.3 Å². The van der Waals surface area contributed by atoms with Gasteiger partial charge in [-0.3, -0.25) is 9.59 Å². The lowest BCUT2D eigenvalue weighted by Crippen LogP contribution is -2.51. The predicted octanol–water partition coefficient (Wildman–Crippen LogP) is 3.95. The van der Waals surface area contributed by atoms with E-state index in [1.54, 1.807) is 64.3 Å².